The molecule has 2 unspecified atom stereocenters. The first kappa shape index (κ1) is 53.1. The van der Waals surface area contributed by atoms with Crippen LogP contribution in [0.15, 0.2) is 340 Å². The highest BCUT2D eigenvalue weighted by atomic mass is 15.2. The Morgan fingerprint density at radius 2 is 0.510 bits per heavy atom. The Morgan fingerprint density at radius 3 is 0.865 bits per heavy atom. The van der Waals surface area contributed by atoms with Crippen molar-refractivity contribution in [2.24, 2.45) is 0 Å². The van der Waals surface area contributed by atoms with E-state index in [-0.39, 0.29) is 11.8 Å². The van der Waals surface area contributed by atoms with Crippen LogP contribution in [0.3, 0.4) is 0 Å². The summed E-state index contributed by atoms with van der Waals surface area (Å²) in [5, 5.41) is 5.04. The van der Waals surface area contributed by atoms with E-state index in [1.54, 1.807) is 0 Å². The normalized spacial score (nSPS) is 14.4. The Bertz CT molecular complexity index is 5580. The molecule has 0 saturated carbocycles. The summed E-state index contributed by atoms with van der Waals surface area (Å²) in [4.78, 5) is 5.14. The van der Waals surface area contributed by atoms with Crippen LogP contribution in [0.5, 0.6) is 0 Å². The van der Waals surface area contributed by atoms with E-state index in [2.05, 4.69) is 359 Å². The van der Waals surface area contributed by atoms with Gasteiger partial charge in [0.1, 0.15) is 0 Å². The molecule has 0 radical (unpaired) electrons. The minimum atomic E-state index is -0.0482. The zero-order valence-corrected chi connectivity index (χ0v) is 52.3. The van der Waals surface area contributed by atoms with Crippen molar-refractivity contribution in [3.8, 4) is 78.1 Å². The van der Waals surface area contributed by atoms with E-state index in [1.165, 1.54) is 178 Å². The van der Waals surface area contributed by atoms with Gasteiger partial charge in [0.25, 0.3) is 0 Å². The van der Waals surface area contributed by atoms with Gasteiger partial charge in [0.15, 0.2) is 0 Å². The fraction of sp³-hybridized carbons (Fsp3) is 0.0217. The molecular formula is C92H58N4. The molecule has 4 nitrogen and oxygen atoms in total. The van der Waals surface area contributed by atoms with Crippen LogP contribution in [-0.2, 0) is 0 Å². The molecule has 0 spiro atoms. The van der Waals surface area contributed by atoms with Crippen molar-refractivity contribution in [2.45, 2.75) is 11.8 Å². The molecule has 446 valence electrons. The monoisotopic (exact) mass is 1220 g/mol. The molecule has 2 atom stereocenters. The molecule has 4 heteroatoms. The average molecular weight is 1220 g/mol. The van der Waals surface area contributed by atoms with Gasteiger partial charge in [0.2, 0.25) is 0 Å². The molecule has 96 heavy (non-hydrogen) atoms. The molecule has 0 fully saturated rings. The Labute approximate surface area is 556 Å². The number of nitrogens with zero attached hydrogens (tertiary/aromatic N) is 4. The van der Waals surface area contributed by atoms with E-state index in [9.17, 15) is 0 Å². The maximum absolute atomic E-state index is 2.64. The zero-order valence-electron chi connectivity index (χ0n) is 52.3. The van der Waals surface area contributed by atoms with Crippen molar-refractivity contribution in [1.82, 2.24) is 9.13 Å². The molecule has 2 aromatic heterocycles. The quantitative estimate of drug-likeness (QED) is 0.151. The molecule has 0 saturated heterocycles. The van der Waals surface area contributed by atoms with Crippen molar-refractivity contribution in [3.63, 3.8) is 0 Å². The number of aromatic nitrogens is 2. The van der Waals surface area contributed by atoms with Gasteiger partial charge in [0, 0.05) is 55.9 Å². The average Bonchev–Trinajstić information content (AvgIpc) is 1.31. The third kappa shape index (κ3) is 7.72. The minimum absolute atomic E-state index is 0.0482. The lowest BCUT2D eigenvalue weighted by atomic mass is 9.76. The third-order valence-electron chi connectivity index (χ3n) is 21.2. The van der Waals surface area contributed by atoms with Crippen molar-refractivity contribution < 1.29 is 0 Å². The van der Waals surface area contributed by atoms with Gasteiger partial charge < -0.3 is 18.9 Å². The van der Waals surface area contributed by atoms with E-state index >= 15 is 0 Å². The standard InChI is InChI=1S/C92H58N4/c1-7-23-57(24-8-1)63-43-45-79-77(53-63)87-73-37-19-35-71-75-55-76-72-36-20-38-74-88-78-54-64(58-25-9-2-10-26-58)44-46-80(78)94(70-51-67(61-31-15-5-16-32-61)48-68(52-70)62-33-17-6-18-34-62)82-40-22-42-84(90(82)88)96(92(72)74)86(76)56-85(75)95(91(71)73)83-41-21-39-81(89(83)87)93(79)69-49-65(59-27-11-3-12-28-59)47-66(50-69)60-29-13-4-14-30-60/h1-56,87-88H. The maximum Gasteiger partial charge on any atom is 0.0582 e. The van der Waals surface area contributed by atoms with Crippen LogP contribution in [0.1, 0.15) is 45.2 Å². The van der Waals surface area contributed by atoms with Gasteiger partial charge in [-0.1, -0.05) is 243 Å². The number of para-hydroxylation sites is 2. The summed E-state index contributed by atoms with van der Waals surface area (Å²) in [7, 11) is 0. The van der Waals surface area contributed by atoms with E-state index in [1.807, 2.05) is 0 Å². The maximum atomic E-state index is 2.64. The highest BCUT2D eigenvalue weighted by molar-refractivity contribution is 6.21. The van der Waals surface area contributed by atoms with Crippen LogP contribution < -0.4 is 9.80 Å². The van der Waals surface area contributed by atoms with Gasteiger partial charge in [-0.2, -0.15) is 0 Å². The van der Waals surface area contributed by atoms with Crippen LogP contribution >= 0.6 is 0 Å². The summed E-state index contributed by atoms with van der Waals surface area (Å²) < 4.78 is 5.28. The molecular weight excluding hydrogens is 1160 g/mol. The van der Waals surface area contributed by atoms with Gasteiger partial charge in [-0.05, 0) is 186 Å². The number of fused-ring (bicyclic) bond motifs is 14. The molecule has 4 aliphatic heterocycles. The molecule has 0 amide bonds. The Kier molecular flexibility index (Phi) is 11.3. The van der Waals surface area contributed by atoms with Gasteiger partial charge >= 0.3 is 0 Å². The number of hydrogen-bond donors (Lipinski definition) is 0. The summed E-state index contributed by atoms with van der Waals surface area (Å²) in [6, 6.07) is 128. The van der Waals surface area contributed by atoms with Gasteiger partial charge in [-0.25, -0.2) is 0 Å². The Balaban J connectivity index is 0.819. The highest BCUT2D eigenvalue weighted by Gasteiger charge is 2.43. The number of hydrogen-bond acceptors (Lipinski definition) is 2. The first-order valence-electron chi connectivity index (χ1n) is 33.5. The topological polar surface area (TPSA) is 16.3 Å². The Morgan fingerprint density at radius 1 is 0.188 bits per heavy atom. The molecule has 4 aliphatic rings. The van der Waals surface area contributed by atoms with Crippen molar-refractivity contribution >= 4 is 77.7 Å². The molecule has 0 aliphatic carbocycles. The zero-order chi connectivity index (χ0) is 62.7. The second-order valence-electron chi connectivity index (χ2n) is 26.3. The number of benzene rings is 15. The summed E-state index contributed by atoms with van der Waals surface area (Å²) in [6.45, 7) is 0. The van der Waals surface area contributed by atoms with Gasteiger partial charge in [-0.15, -0.1) is 0 Å². The van der Waals surface area contributed by atoms with Crippen LogP contribution in [0.4, 0.5) is 34.1 Å². The van der Waals surface area contributed by atoms with Crippen LogP contribution in [0.25, 0.3) is 122 Å². The predicted octanol–water partition coefficient (Wildman–Crippen LogP) is 24.4. The fourth-order valence-electron chi connectivity index (χ4n) is 17.1. The van der Waals surface area contributed by atoms with E-state index in [0.717, 1.165) is 11.4 Å². The molecule has 15 aromatic carbocycles. The van der Waals surface area contributed by atoms with Crippen molar-refractivity contribution in [3.05, 3.63) is 373 Å². The van der Waals surface area contributed by atoms with Gasteiger partial charge in [0.05, 0.1) is 56.2 Å². The lowest BCUT2D eigenvalue weighted by Gasteiger charge is -2.42. The van der Waals surface area contributed by atoms with E-state index in [4.69, 9.17) is 0 Å². The van der Waals surface area contributed by atoms with Crippen molar-refractivity contribution in [2.75, 3.05) is 9.80 Å². The smallest absolute Gasteiger partial charge is 0.0582 e. The number of rotatable bonds is 8. The highest BCUT2D eigenvalue weighted by Crippen LogP contribution is 2.61. The predicted molar refractivity (Wildman–Crippen MR) is 399 cm³/mol. The summed E-state index contributed by atoms with van der Waals surface area (Å²) in [5.41, 5.74) is 36.5. The van der Waals surface area contributed by atoms with Crippen LogP contribution in [0.2, 0.25) is 0 Å². The van der Waals surface area contributed by atoms with Crippen molar-refractivity contribution in [1.29, 1.82) is 0 Å². The SMILES string of the molecule is c1ccc(-c2cc(-c3ccccc3)cc(N3c4ccc(-c5ccccc5)cc4C4c5c3cccc5-n3c5cc6c(cc5c5cccc4c53)c3cccc4c3n6-c3cccc5c3C4c3cc(-c4ccccc4)ccc3N5c3cc(-c4ccccc4)cc(-c4ccccc4)c3)c2)cc1. The third-order valence-corrected chi connectivity index (χ3v) is 21.2. The van der Waals surface area contributed by atoms with E-state index in [0.29, 0.717) is 0 Å². The second kappa shape index (κ2) is 20.5. The van der Waals surface area contributed by atoms with E-state index < -0.39 is 0 Å². The first-order chi connectivity index (χ1) is 47.6. The fourth-order valence-corrected chi connectivity index (χ4v) is 17.1. The minimum Gasteiger partial charge on any atom is -0.310 e. The first-order valence-corrected chi connectivity index (χ1v) is 33.5. The summed E-state index contributed by atoms with van der Waals surface area (Å²) >= 11 is 0. The Hall–Kier alpha value is -12.5. The number of anilines is 6. The summed E-state index contributed by atoms with van der Waals surface area (Å²) in [6.07, 6.45) is 0. The molecule has 0 N–H and O–H groups in total. The van der Waals surface area contributed by atoms with Crippen LogP contribution in [-0.4, -0.2) is 9.13 Å². The lowest BCUT2D eigenvalue weighted by Crippen LogP contribution is -2.26. The molecule has 17 aromatic rings. The van der Waals surface area contributed by atoms with Gasteiger partial charge in [-0.3, -0.25) is 0 Å². The molecule has 0 bridgehead atoms. The second-order valence-corrected chi connectivity index (χ2v) is 26.3. The lowest BCUT2D eigenvalue weighted by molar-refractivity contribution is 0.895. The van der Waals surface area contributed by atoms with Crippen LogP contribution in [0, 0.1) is 0 Å². The molecule has 6 heterocycles. The molecule has 21 rings (SSSR count). The largest absolute Gasteiger partial charge is 0.310 e. The summed E-state index contributed by atoms with van der Waals surface area (Å²) in [5.74, 6) is -0.0965.